The smallest absolute Gasteiger partial charge is 0.192 e. The van der Waals surface area contributed by atoms with E-state index in [1.54, 1.807) is 0 Å². The molecule has 0 fully saturated rings. The van der Waals surface area contributed by atoms with Gasteiger partial charge in [0.2, 0.25) is 0 Å². The van der Waals surface area contributed by atoms with Crippen LogP contribution in [-0.4, -0.2) is 0 Å². The third-order valence-corrected chi connectivity index (χ3v) is 2.07. The second-order valence-corrected chi connectivity index (χ2v) is 3.38. The van der Waals surface area contributed by atoms with Gasteiger partial charge in [-0.2, -0.15) is 31.6 Å². The van der Waals surface area contributed by atoms with Crippen LogP contribution in [-0.2, 0) is 12.4 Å². The van der Waals surface area contributed by atoms with E-state index in [9.17, 15) is 26.3 Å². The normalized spacial score (nSPS) is 12.1. The van der Waals surface area contributed by atoms with Crippen molar-refractivity contribution in [1.82, 2.24) is 0 Å². The van der Waals surface area contributed by atoms with Crippen LogP contribution in [0.15, 0.2) is 24.8 Å². The topological polar surface area (TPSA) is 23.8 Å². The fraction of sp³-hybridized carbons (Fsp3) is 0.182. The van der Waals surface area contributed by atoms with Crippen molar-refractivity contribution in [2.45, 2.75) is 12.4 Å². The van der Waals surface area contributed by atoms with Crippen molar-refractivity contribution in [1.29, 1.82) is 5.26 Å². The highest BCUT2D eigenvalue weighted by atomic mass is 19.4. The monoisotopic (exact) mass is 265 g/mol. The van der Waals surface area contributed by atoms with Crippen molar-refractivity contribution in [2.75, 3.05) is 0 Å². The van der Waals surface area contributed by atoms with E-state index in [1.807, 2.05) is 0 Å². The molecular weight excluding hydrogens is 260 g/mol. The summed E-state index contributed by atoms with van der Waals surface area (Å²) in [5.74, 6) is 0. The summed E-state index contributed by atoms with van der Waals surface area (Å²) in [5, 5.41) is 8.46. The summed E-state index contributed by atoms with van der Waals surface area (Å²) in [5.41, 5.74) is -3.90. The maximum atomic E-state index is 12.4. The lowest BCUT2D eigenvalue weighted by Crippen LogP contribution is -2.11. The maximum absolute atomic E-state index is 12.4. The second kappa shape index (κ2) is 4.37. The van der Waals surface area contributed by atoms with Gasteiger partial charge in [0.05, 0.1) is 22.8 Å². The molecule has 0 atom stereocenters. The summed E-state index contributed by atoms with van der Waals surface area (Å²) < 4.78 is 74.5. The highest BCUT2D eigenvalue weighted by Crippen LogP contribution is 2.37. The average Bonchev–Trinajstić information content (AvgIpc) is 2.25. The molecule has 96 valence electrons. The number of hydrogen-bond acceptors (Lipinski definition) is 1. The van der Waals surface area contributed by atoms with E-state index in [2.05, 4.69) is 6.58 Å². The molecule has 0 unspecified atom stereocenters. The van der Waals surface area contributed by atoms with Gasteiger partial charge in [-0.25, -0.2) is 0 Å². The molecule has 0 bridgehead atoms. The number of alkyl halides is 6. The van der Waals surface area contributed by atoms with Gasteiger partial charge in [0.1, 0.15) is 0 Å². The Kier molecular flexibility index (Phi) is 3.42. The zero-order chi connectivity index (χ0) is 14.1. The van der Waals surface area contributed by atoms with E-state index in [4.69, 9.17) is 5.26 Å². The first-order valence-corrected chi connectivity index (χ1v) is 4.44. The quantitative estimate of drug-likeness (QED) is 0.549. The van der Waals surface area contributed by atoms with Gasteiger partial charge >= 0.3 is 12.4 Å². The van der Waals surface area contributed by atoms with Crippen LogP contribution in [0.3, 0.4) is 0 Å². The Labute approximate surface area is 98.0 Å². The third kappa shape index (κ3) is 3.03. The molecule has 0 spiro atoms. The van der Waals surface area contributed by atoms with Gasteiger partial charge in [-0.15, -0.1) is 0 Å². The van der Waals surface area contributed by atoms with Gasteiger partial charge in [-0.3, -0.25) is 0 Å². The molecule has 1 rings (SSSR count). The van der Waals surface area contributed by atoms with Crippen molar-refractivity contribution in [2.24, 2.45) is 0 Å². The summed E-state index contributed by atoms with van der Waals surface area (Å²) in [7, 11) is 0. The summed E-state index contributed by atoms with van der Waals surface area (Å²) >= 11 is 0. The van der Waals surface area contributed by atoms with Crippen LogP contribution in [0.5, 0.6) is 0 Å². The molecular formula is C11H5F6N. The van der Waals surface area contributed by atoms with Crippen LogP contribution in [0.4, 0.5) is 26.3 Å². The molecule has 0 saturated carbocycles. The third-order valence-electron chi connectivity index (χ3n) is 2.07. The minimum atomic E-state index is -4.92. The molecule has 0 aliphatic rings. The summed E-state index contributed by atoms with van der Waals surface area (Å²) in [4.78, 5) is 0. The first kappa shape index (κ1) is 14.1. The molecule has 0 aliphatic carbocycles. The fourth-order valence-corrected chi connectivity index (χ4v) is 1.19. The minimum absolute atomic E-state index is 0.00580. The SMILES string of the molecule is C=C(C#N)c1cc(C(F)(F)F)cc(C(F)(F)F)c1. The van der Waals surface area contributed by atoms with Crippen LogP contribution in [0.2, 0.25) is 0 Å². The number of hydrogen-bond donors (Lipinski definition) is 0. The zero-order valence-corrected chi connectivity index (χ0v) is 8.65. The highest BCUT2D eigenvalue weighted by Gasteiger charge is 2.37. The van der Waals surface area contributed by atoms with Gasteiger partial charge in [0, 0.05) is 0 Å². The molecule has 0 N–H and O–H groups in total. The van der Waals surface area contributed by atoms with Crippen molar-refractivity contribution < 1.29 is 26.3 Å². The Morgan fingerprint density at radius 3 is 1.61 bits per heavy atom. The zero-order valence-electron chi connectivity index (χ0n) is 8.65. The fourth-order valence-electron chi connectivity index (χ4n) is 1.19. The van der Waals surface area contributed by atoms with E-state index in [0.29, 0.717) is 12.1 Å². The van der Waals surface area contributed by atoms with Gasteiger partial charge in [0.25, 0.3) is 0 Å². The largest absolute Gasteiger partial charge is 0.416 e. The lowest BCUT2D eigenvalue weighted by atomic mass is 10.0. The Morgan fingerprint density at radius 1 is 0.944 bits per heavy atom. The molecule has 1 aromatic carbocycles. The number of rotatable bonds is 1. The highest BCUT2D eigenvalue weighted by molar-refractivity contribution is 5.75. The average molecular weight is 265 g/mol. The van der Waals surface area contributed by atoms with Gasteiger partial charge in [-0.1, -0.05) is 6.58 Å². The summed E-state index contributed by atoms with van der Waals surface area (Å²) in [6.45, 7) is 3.09. The lowest BCUT2D eigenvalue weighted by Gasteiger charge is -2.13. The molecule has 0 saturated heterocycles. The van der Waals surface area contributed by atoms with Crippen LogP contribution >= 0.6 is 0 Å². The Balaban J connectivity index is 3.50. The van der Waals surface area contributed by atoms with Crippen molar-refractivity contribution >= 4 is 5.57 Å². The molecule has 0 aromatic heterocycles. The van der Waals surface area contributed by atoms with Gasteiger partial charge in [-0.05, 0) is 23.8 Å². The number of halogens is 6. The number of benzene rings is 1. The first-order valence-electron chi connectivity index (χ1n) is 4.44. The van der Waals surface area contributed by atoms with Crippen molar-refractivity contribution in [3.05, 3.63) is 41.5 Å². The standard InChI is InChI=1S/C11H5F6N/c1-6(5-18)7-2-8(10(12,13)14)4-9(3-7)11(15,16)17/h2-4H,1H2. The Hall–Kier alpha value is -1.97. The van der Waals surface area contributed by atoms with E-state index < -0.39 is 34.6 Å². The van der Waals surface area contributed by atoms with Crippen LogP contribution < -0.4 is 0 Å². The molecule has 1 aromatic rings. The Morgan fingerprint density at radius 2 is 1.33 bits per heavy atom. The van der Waals surface area contributed by atoms with E-state index in [1.165, 1.54) is 6.07 Å². The summed E-state index contributed by atoms with van der Waals surface area (Å²) in [6.07, 6.45) is -9.85. The molecule has 0 amide bonds. The molecule has 18 heavy (non-hydrogen) atoms. The minimum Gasteiger partial charge on any atom is -0.192 e. The number of nitriles is 1. The molecule has 0 radical (unpaired) electrons. The molecule has 0 heterocycles. The second-order valence-electron chi connectivity index (χ2n) is 3.38. The molecule has 7 heteroatoms. The number of nitrogens with zero attached hydrogens (tertiary/aromatic N) is 1. The van der Waals surface area contributed by atoms with Crippen LogP contribution in [0.1, 0.15) is 16.7 Å². The van der Waals surface area contributed by atoms with Crippen LogP contribution in [0, 0.1) is 11.3 Å². The van der Waals surface area contributed by atoms with E-state index >= 15 is 0 Å². The Bertz CT molecular complexity index is 486. The van der Waals surface area contributed by atoms with E-state index in [-0.39, 0.29) is 6.07 Å². The lowest BCUT2D eigenvalue weighted by molar-refractivity contribution is -0.143. The van der Waals surface area contributed by atoms with Gasteiger partial charge < -0.3 is 0 Å². The predicted octanol–water partition coefficient (Wildman–Crippen LogP) is 4.26. The predicted molar refractivity (Wildman–Crippen MR) is 51.1 cm³/mol. The van der Waals surface area contributed by atoms with Crippen molar-refractivity contribution in [3.63, 3.8) is 0 Å². The van der Waals surface area contributed by atoms with E-state index in [0.717, 1.165) is 0 Å². The summed E-state index contributed by atoms with van der Waals surface area (Å²) in [6, 6.07) is 2.32. The number of allylic oxidation sites excluding steroid dienone is 1. The molecule has 0 aliphatic heterocycles. The molecule has 1 nitrogen and oxygen atoms in total. The maximum Gasteiger partial charge on any atom is 0.416 e. The van der Waals surface area contributed by atoms with Crippen molar-refractivity contribution in [3.8, 4) is 6.07 Å². The first-order chi connectivity index (χ1) is 8.05. The van der Waals surface area contributed by atoms with Crippen LogP contribution in [0.25, 0.3) is 5.57 Å². The van der Waals surface area contributed by atoms with Gasteiger partial charge in [0.15, 0.2) is 0 Å².